The van der Waals surface area contributed by atoms with Crippen molar-refractivity contribution >= 4 is 6.03 Å². The second-order valence-electron chi connectivity index (χ2n) is 7.38. The smallest absolute Gasteiger partial charge is 0.317 e. The maximum absolute atomic E-state index is 12.6. The zero-order chi connectivity index (χ0) is 18.4. The second-order valence-corrected chi connectivity index (χ2v) is 7.38. The Morgan fingerprint density at radius 3 is 2.77 bits per heavy atom. The molecule has 7 heteroatoms. The van der Waals surface area contributed by atoms with E-state index in [0.717, 1.165) is 51.2 Å². The van der Waals surface area contributed by atoms with Gasteiger partial charge in [-0.15, -0.1) is 0 Å². The van der Waals surface area contributed by atoms with E-state index in [0.29, 0.717) is 19.2 Å². The Balaban J connectivity index is 1.41. The third-order valence-corrected chi connectivity index (χ3v) is 5.45. The van der Waals surface area contributed by atoms with Crippen LogP contribution in [0.4, 0.5) is 4.79 Å². The van der Waals surface area contributed by atoms with Gasteiger partial charge >= 0.3 is 6.03 Å². The van der Waals surface area contributed by atoms with E-state index in [4.69, 9.17) is 4.74 Å². The van der Waals surface area contributed by atoms with Crippen molar-refractivity contribution in [2.45, 2.75) is 64.8 Å². The van der Waals surface area contributed by atoms with Crippen LogP contribution in [0.25, 0.3) is 0 Å². The first kappa shape index (κ1) is 19.2. The van der Waals surface area contributed by atoms with E-state index in [1.54, 1.807) is 0 Å². The number of carbonyl (C=O) groups excluding carboxylic acids is 1. The second kappa shape index (κ2) is 9.37. The summed E-state index contributed by atoms with van der Waals surface area (Å²) in [5.74, 6) is 0. The molecule has 2 aliphatic heterocycles. The number of ether oxygens (including phenoxy) is 1. The van der Waals surface area contributed by atoms with Gasteiger partial charge in [-0.25, -0.2) is 4.79 Å². The van der Waals surface area contributed by atoms with E-state index in [1.165, 1.54) is 12.8 Å². The number of hydrogen-bond acceptors (Lipinski definition) is 4. The Labute approximate surface area is 156 Å². The first-order valence-electron chi connectivity index (χ1n) is 10.1. The molecule has 146 valence electrons. The lowest BCUT2D eigenvalue weighted by Crippen LogP contribution is -2.49. The van der Waals surface area contributed by atoms with E-state index >= 15 is 0 Å². The molecule has 1 aromatic heterocycles. The zero-order valence-electron chi connectivity index (χ0n) is 16.2. The molecule has 1 aromatic rings. The predicted molar refractivity (Wildman–Crippen MR) is 101 cm³/mol. The number of amides is 2. The SMILES string of the molecule is CCN(Cc1cnn(CC)c1)C(=O)NC1CCN(C[C@@H]2CCCO2)CC1. The maximum Gasteiger partial charge on any atom is 0.317 e. The molecule has 2 saturated heterocycles. The average molecular weight is 364 g/mol. The molecular formula is C19H33N5O2. The topological polar surface area (TPSA) is 62.6 Å². The minimum atomic E-state index is 0.0364. The standard InChI is InChI=1S/C19H33N5O2/c1-3-23(13-16-12-20-24(4-2)14-16)19(25)21-17-7-9-22(10-8-17)15-18-6-5-11-26-18/h12,14,17-18H,3-11,13,15H2,1-2H3,(H,21,25)/t18-/m0/s1. The van der Waals surface area contributed by atoms with Crippen LogP contribution in [-0.2, 0) is 17.8 Å². The highest BCUT2D eigenvalue weighted by atomic mass is 16.5. The molecule has 0 spiro atoms. The first-order valence-corrected chi connectivity index (χ1v) is 10.1. The lowest BCUT2D eigenvalue weighted by Gasteiger charge is -2.34. The van der Waals surface area contributed by atoms with Crippen molar-refractivity contribution in [3.8, 4) is 0 Å². The van der Waals surface area contributed by atoms with Crippen molar-refractivity contribution in [2.24, 2.45) is 0 Å². The molecule has 2 aliphatic rings. The average Bonchev–Trinajstić information content (AvgIpc) is 3.33. The van der Waals surface area contributed by atoms with Gasteiger partial charge in [0.25, 0.3) is 0 Å². The van der Waals surface area contributed by atoms with Gasteiger partial charge in [-0.05, 0) is 39.5 Å². The van der Waals surface area contributed by atoms with Crippen LogP contribution in [-0.4, -0.2) is 70.5 Å². The number of rotatable bonds is 7. The predicted octanol–water partition coefficient (Wildman–Crippen LogP) is 2.08. The molecule has 0 aliphatic carbocycles. The van der Waals surface area contributed by atoms with Crippen LogP contribution >= 0.6 is 0 Å². The van der Waals surface area contributed by atoms with Gasteiger partial charge in [0.1, 0.15) is 0 Å². The Kier molecular flexibility index (Phi) is 6.91. The summed E-state index contributed by atoms with van der Waals surface area (Å²) in [7, 11) is 0. The molecule has 0 radical (unpaired) electrons. The number of nitrogens with one attached hydrogen (secondary N) is 1. The fourth-order valence-corrected chi connectivity index (χ4v) is 3.81. The normalized spacial score (nSPS) is 21.8. The molecule has 0 unspecified atom stereocenters. The quantitative estimate of drug-likeness (QED) is 0.806. The molecule has 2 fully saturated rings. The van der Waals surface area contributed by atoms with Crippen LogP contribution in [0.1, 0.15) is 45.1 Å². The van der Waals surface area contributed by atoms with Crippen LogP contribution in [0.15, 0.2) is 12.4 Å². The first-order chi connectivity index (χ1) is 12.7. The molecule has 26 heavy (non-hydrogen) atoms. The highest BCUT2D eigenvalue weighted by Crippen LogP contribution is 2.17. The lowest BCUT2D eigenvalue weighted by molar-refractivity contribution is 0.0628. The maximum atomic E-state index is 12.6. The molecule has 0 bridgehead atoms. The van der Waals surface area contributed by atoms with E-state index in [9.17, 15) is 4.79 Å². The van der Waals surface area contributed by atoms with Gasteiger partial charge < -0.3 is 19.9 Å². The van der Waals surface area contributed by atoms with Crippen molar-refractivity contribution in [2.75, 3.05) is 32.8 Å². The largest absolute Gasteiger partial charge is 0.377 e. The Morgan fingerprint density at radius 2 is 2.15 bits per heavy atom. The highest BCUT2D eigenvalue weighted by molar-refractivity contribution is 5.74. The van der Waals surface area contributed by atoms with Gasteiger partial charge in [0.15, 0.2) is 0 Å². The molecule has 7 nitrogen and oxygen atoms in total. The summed E-state index contributed by atoms with van der Waals surface area (Å²) in [6.45, 7) is 10.3. The van der Waals surface area contributed by atoms with Crippen molar-refractivity contribution in [1.29, 1.82) is 0 Å². The molecular weight excluding hydrogens is 330 g/mol. The van der Waals surface area contributed by atoms with Gasteiger partial charge in [0.05, 0.1) is 18.8 Å². The minimum Gasteiger partial charge on any atom is -0.377 e. The van der Waals surface area contributed by atoms with Gasteiger partial charge in [0, 0.05) is 57.1 Å². The summed E-state index contributed by atoms with van der Waals surface area (Å²) in [6, 6.07) is 0.310. The third-order valence-electron chi connectivity index (χ3n) is 5.45. The number of piperidine rings is 1. The zero-order valence-corrected chi connectivity index (χ0v) is 16.2. The number of aromatic nitrogens is 2. The number of aryl methyl sites for hydroxylation is 1. The Morgan fingerprint density at radius 1 is 1.35 bits per heavy atom. The number of urea groups is 1. The monoisotopic (exact) mass is 363 g/mol. The third kappa shape index (κ3) is 5.20. The van der Waals surface area contributed by atoms with E-state index in [2.05, 4.69) is 22.2 Å². The molecule has 0 aromatic carbocycles. The van der Waals surface area contributed by atoms with E-state index in [-0.39, 0.29) is 12.1 Å². The number of likely N-dealkylation sites (tertiary alicyclic amines) is 1. The van der Waals surface area contributed by atoms with Crippen molar-refractivity contribution in [1.82, 2.24) is 24.9 Å². The fraction of sp³-hybridized carbons (Fsp3) is 0.789. The summed E-state index contributed by atoms with van der Waals surface area (Å²) in [5.41, 5.74) is 1.08. The summed E-state index contributed by atoms with van der Waals surface area (Å²) < 4.78 is 7.63. The number of nitrogens with zero attached hydrogens (tertiary/aromatic N) is 4. The Hall–Kier alpha value is -1.60. The van der Waals surface area contributed by atoms with Gasteiger partial charge in [0.2, 0.25) is 0 Å². The van der Waals surface area contributed by atoms with Crippen LogP contribution in [0.5, 0.6) is 0 Å². The van der Waals surface area contributed by atoms with Gasteiger partial charge in [-0.1, -0.05) is 0 Å². The summed E-state index contributed by atoms with van der Waals surface area (Å²) in [6.07, 6.45) is 8.70. The van der Waals surface area contributed by atoms with Crippen LogP contribution in [0.2, 0.25) is 0 Å². The van der Waals surface area contributed by atoms with E-state index in [1.807, 2.05) is 28.9 Å². The minimum absolute atomic E-state index is 0.0364. The van der Waals surface area contributed by atoms with Gasteiger partial charge in [-0.3, -0.25) is 4.68 Å². The highest BCUT2D eigenvalue weighted by Gasteiger charge is 2.25. The molecule has 3 heterocycles. The summed E-state index contributed by atoms with van der Waals surface area (Å²) in [4.78, 5) is 17.0. The summed E-state index contributed by atoms with van der Waals surface area (Å²) >= 11 is 0. The van der Waals surface area contributed by atoms with Crippen LogP contribution < -0.4 is 5.32 Å². The summed E-state index contributed by atoms with van der Waals surface area (Å²) in [5, 5.41) is 7.52. The Bertz CT molecular complexity index is 562. The molecule has 1 atom stereocenters. The molecule has 1 N–H and O–H groups in total. The molecule has 2 amide bonds. The van der Waals surface area contributed by atoms with E-state index < -0.39 is 0 Å². The molecule has 0 saturated carbocycles. The van der Waals surface area contributed by atoms with Crippen LogP contribution in [0, 0.1) is 0 Å². The van der Waals surface area contributed by atoms with Crippen LogP contribution in [0.3, 0.4) is 0 Å². The molecule has 3 rings (SSSR count). The number of carbonyl (C=O) groups is 1. The van der Waals surface area contributed by atoms with Crippen molar-refractivity contribution in [3.63, 3.8) is 0 Å². The van der Waals surface area contributed by atoms with Crippen molar-refractivity contribution in [3.05, 3.63) is 18.0 Å². The lowest BCUT2D eigenvalue weighted by atomic mass is 10.0. The fourth-order valence-electron chi connectivity index (χ4n) is 3.81. The number of hydrogen-bond donors (Lipinski definition) is 1. The van der Waals surface area contributed by atoms with Gasteiger partial charge in [-0.2, -0.15) is 5.10 Å². The van der Waals surface area contributed by atoms with Crippen molar-refractivity contribution < 1.29 is 9.53 Å².